The monoisotopic (exact) mass is 266 g/mol. The molecule has 0 aromatic heterocycles. The van der Waals surface area contributed by atoms with E-state index < -0.39 is 24.9 Å². The van der Waals surface area contributed by atoms with Gasteiger partial charge in [0.25, 0.3) is 0 Å². The Labute approximate surface area is 112 Å². The molecule has 0 bridgehead atoms. The number of nitrogens with two attached hydrogens (primary N) is 1. The van der Waals surface area contributed by atoms with Crippen molar-refractivity contribution in [1.82, 2.24) is 0 Å². The van der Waals surface area contributed by atoms with E-state index in [1.807, 2.05) is 19.1 Å². The average molecular weight is 266 g/mol. The van der Waals surface area contributed by atoms with Crippen LogP contribution in [-0.2, 0) is 14.3 Å². The van der Waals surface area contributed by atoms with Gasteiger partial charge in [0.2, 0.25) is 6.79 Å². The van der Waals surface area contributed by atoms with E-state index in [0.717, 1.165) is 5.56 Å². The molecule has 0 aliphatic heterocycles. The lowest BCUT2D eigenvalue weighted by molar-refractivity contribution is -0.152. The van der Waals surface area contributed by atoms with Crippen LogP contribution in [0.15, 0.2) is 24.3 Å². The zero-order valence-electron chi connectivity index (χ0n) is 11.3. The summed E-state index contributed by atoms with van der Waals surface area (Å²) in [5.74, 6) is -0.620. The first-order valence-corrected chi connectivity index (χ1v) is 5.81. The molecular formula is C13H18N2O4. The Morgan fingerprint density at radius 1 is 1.26 bits per heavy atom. The second-order valence-electron chi connectivity index (χ2n) is 4.17. The summed E-state index contributed by atoms with van der Waals surface area (Å²) in [6.45, 7) is 2.99. The standard InChI is InChI=1S/C13H18N2O4/c1-9-4-6-11(7-5-9)15(3)13(17)19-8-18-12(16)10(2)14/h4-7,10H,8,14H2,1-3H3/t10-/m0/s1. The van der Waals surface area contributed by atoms with E-state index in [0.29, 0.717) is 5.69 Å². The number of nitrogens with zero attached hydrogens (tertiary/aromatic N) is 1. The van der Waals surface area contributed by atoms with Crippen molar-refractivity contribution in [2.75, 3.05) is 18.7 Å². The number of esters is 1. The molecule has 1 rings (SSSR count). The summed E-state index contributed by atoms with van der Waals surface area (Å²) in [6.07, 6.45) is -0.610. The molecular weight excluding hydrogens is 248 g/mol. The summed E-state index contributed by atoms with van der Waals surface area (Å²) < 4.78 is 9.44. The highest BCUT2D eigenvalue weighted by Crippen LogP contribution is 2.14. The van der Waals surface area contributed by atoms with Gasteiger partial charge in [-0.3, -0.25) is 9.69 Å². The molecule has 6 heteroatoms. The van der Waals surface area contributed by atoms with Crippen molar-refractivity contribution in [3.63, 3.8) is 0 Å². The minimum Gasteiger partial charge on any atom is -0.427 e. The molecule has 0 saturated heterocycles. The number of rotatable bonds is 4. The molecule has 0 spiro atoms. The minimum absolute atomic E-state index is 0.449. The largest absolute Gasteiger partial charge is 0.427 e. The van der Waals surface area contributed by atoms with Gasteiger partial charge in [0.05, 0.1) is 0 Å². The van der Waals surface area contributed by atoms with E-state index in [4.69, 9.17) is 10.5 Å². The van der Waals surface area contributed by atoms with E-state index in [2.05, 4.69) is 4.74 Å². The molecule has 6 nitrogen and oxygen atoms in total. The van der Waals surface area contributed by atoms with E-state index in [1.54, 1.807) is 19.2 Å². The van der Waals surface area contributed by atoms with Gasteiger partial charge in [-0.25, -0.2) is 4.79 Å². The van der Waals surface area contributed by atoms with Crippen molar-refractivity contribution in [3.05, 3.63) is 29.8 Å². The Hall–Kier alpha value is -2.08. The van der Waals surface area contributed by atoms with Gasteiger partial charge >= 0.3 is 12.1 Å². The van der Waals surface area contributed by atoms with Crippen LogP contribution < -0.4 is 10.6 Å². The molecule has 1 aromatic carbocycles. The maximum absolute atomic E-state index is 11.7. The Balaban J connectivity index is 2.45. The van der Waals surface area contributed by atoms with Crippen LogP contribution in [0.25, 0.3) is 0 Å². The summed E-state index contributed by atoms with van der Waals surface area (Å²) in [4.78, 5) is 24.0. The van der Waals surface area contributed by atoms with Gasteiger partial charge in [-0.15, -0.1) is 0 Å². The average Bonchev–Trinajstić information content (AvgIpc) is 2.38. The van der Waals surface area contributed by atoms with Crippen molar-refractivity contribution in [3.8, 4) is 0 Å². The third kappa shape index (κ3) is 4.59. The SMILES string of the molecule is Cc1ccc(N(C)C(=O)OCOC(=O)[C@H](C)N)cc1. The Kier molecular flexibility index (Phi) is 5.32. The van der Waals surface area contributed by atoms with Gasteiger partial charge in [0, 0.05) is 12.7 Å². The van der Waals surface area contributed by atoms with Crippen LogP contribution >= 0.6 is 0 Å². The summed E-state index contributed by atoms with van der Waals surface area (Å²) >= 11 is 0. The van der Waals surface area contributed by atoms with E-state index in [9.17, 15) is 9.59 Å². The summed E-state index contributed by atoms with van der Waals surface area (Å²) in [7, 11) is 1.57. The molecule has 1 atom stereocenters. The van der Waals surface area contributed by atoms with Gasteiger partial charge in [0.15, 0.2) is 0 Å². The normalized spacial score (nSPS) is 11.6. The molecule has 1 amide bonds. The number of hydrogen-bond donors (Lipinski definition) is 1. The lowest BCUT2D eigenvalue weighted by atomic mass is 10.2. The first-order valence-electron chi connectivity index (χ1n) is 5.81. The Morgan fingerprint density at radius 3 is 2.37 bits per heavy atom. The number of carbonyl (C=O) groups excluding carboxylic acids is 2. The van der Waals surface area contributed by atoms with Gasteiger partial charge in [-0.05, 0) is 26.0 Å². The molecule has 0 radical (unpaired) electrons. The van der Waals surface area contributed by atoms with E-state index in [-0.39, 0.29) is 0 Å². The molecule has 19 heavy (non-hydrogen) atoms. The van der Waals surface area contributed by atoms with Crippen LogP contribution in [0.1, 0.15) is 12.5 Å². The van der Waals surface area contributed by atoms with Gasteiger partial charge in [-0.1, -0.05) is 17.7 Å². The second-order valence-corrected chi connectivity index (χ2v) is 4.17. The number of carbonyl (C=O) groups is 2. The lowest BCUT2D eigenvalue weighted by Gasteiger charge is -2.17. The number of benzene rings is 1. The second kappa shape index (κ2) is 6.75. The molecule has 2 N–H and O–H groups in total. The molecule has 0 heterocycles. The fourth-order valence-corrected chi connectivity index (χ4v) is 1.24. The highest BCUT2D eigenvalue weighted by molar-refractivity contribution is 5.87. The van der Waals surface area contributed by atoms with Crippen LogP contribution in [-0.4, -0.2) is 31.9 Å². The van der Waals surface area contributed by atoms with E-state index >= 15 is 0 Å². The zero-order valence-corrected chi connectivity index (χ0v) is 11.3. The molecule has 0 saturated carbocycles. The number of hydrogen-bond acceptors (Lipinski definition) is 5. The van der Waals surface area contributed by atoms with Crippen LogP contribution in [0, 0.1) is 6.92 Å². The molecule has 0 unspecified atom stereocenters. The molecule has 0 aliphatic carbocycles. The molecule has 0 fully saturated rings. The number of ether oxygens (including phenoxy) is 2. The van der Waals surface area contributed by atoms with Crippen LogP contribution in [0.2, 0.25) is 0 Å². The van der Waals surface area contributed by atoms with Crippen LogP contribution in [0.5, 0.6) is 0 Å². The fraction of sp³-hybridized carbons (Fsp3) is 0.385. The molecule has 1 aromatic rings. The molecule has 0 aliphatic rings. The Morgan fingerprint density at radius 2 is 1.84 bits per heavy atom. The predicted octanol–water partition coefficient (Wildman–Crippen LogP) is 1.42. The maximum atomic E-state index is 11.7. The lowest BCUT2D eigenvalue weighted by Crippen LogP contribution is -2.32. The fourth-order valence-electron chi connectivity index (χ4n) is 1.24. The van der Waals surface area contributed by atoms with Crippen molar-refractivity contribution in [2.45, 2.75) is 19.9 Å². The van der Waals surface area contributed by atoms with Gasteiger partial charge in [-0.2, -0.15) is 0 Å². The van der Waals surface area contributed by atoms with E-state index in [1.165, 1.54) is 11.8 Å². The summed E-state index contributed by atoms with van der Waals surface area (Å²) in [5.41, 5.74) is 7.08. The topological polar surface area (TPSA) is 81.9 Å². The third-order valence-electron chi connectivity index (χ3n) is 2.45. The summed E-state index contributed by atoms with van der Waals surface area (Å²) in [6, 6.07) is 6.62. The van der Waals surface area contributed by atoms with Crippen molar-refractivity contribution in [2.24, 2.45) is 5.73 Å². The molecule has 104 valence electrons. The maximum Gasteiger partial charge on any atom is 0.416 e. The van der Waals surface area contributed by atoms with Crippen molar-refractivity contribution < 1.29 is 19.1 Å². The quantitative estimate of drug-likeness (QED) is 0.658. The van der Waals surface area contributed by atoms with Crippen LogP contribution in [0.3, 0.4) is 0 Å². The summed E-state index contributed by atoms with van der Waals surface area (Å²) in [5, 5.41) is 0. The Bertz CT molecular complexity index is 442. The first-order chi connectivity index (χ1) is 8.91. The zero-order chi connectivity index (χ0) is 14.4. The minimum atomic E-state index is -0.742. The number of aryl methyl sites for hydroxylation is 1. The first kappa shape index (κ1) is 15.0. The van der Waals surface area contributed by atoms with Crippen LogP contribution in [0.4, 0.5) is 10.5 Å². The van der Waals surface area contributed by atoms with Crippen molar-refractivity contribution in [1.29, 1.82) is 0 Å². The van der Waals surface area contributed by atoms with Gasteiger partial charge in [0.1, 0.15) is 6.04 Å². The third-order valence-corrected chi connectivity index (χ3v) is 2.45. The number of anilines is 1. The number of amides is 1. The van der Waals surface area contributed by atoms with Gasteiger partial charge < -0.3 is 15.2 Å². The highest BCUT2D eigenvalue weighted by atomic mass is 16.7. The smallest absolute Gasteiger partial charge is 0.416 e. The predicted molar refractivity (Wildman–Crippen MR) is 70.7 cm³/mol. The van der Waals surface area contributed by atoms with Crippen molar-refractivity contribution >= 4 is 17.7 Å². The highest BCUT2D eigenvalue weighted by Gasteiger charge is 2.14.